The fourth-order valence-electron chi connectivity index (χ4n) is 1.98. The van der Waals surface area contributed by atoms with Crippen molar-refractivity contribution in [2.75, 3.05) is 0 Å². The van der Waals surface area contributed by atoms with Crippen molar-refractivity contribution >= 4 is 62.9 Å². The van der Waals surface area contributed by atoms with E-state index in [1.165, 1.54) is 15.3 Å². The Morgan fingerprint density at radius 1 is 1.13 bits per heavy atom. The molecular formula is C17H12INO2S2. The number of thioether (sulfide) groups is 1. The topological polar surface area (TPSA) is 38.3 Å². The van der Waals surface area contributed by atoms with E-state index in [1.807, 2.05) is 30.3 Å². The predicted molar refractivity (Wildman–Crippen MR) is 106 cm³/mol. The quantitative estimate of drug-likeness (QED) is 0.424. The molecule has 1 saturated heterocycles. The fraction of sp³-hybridized carbons (Fsp3) is 0.0588. The summed E-state index contributed by atoms with van der Waals surface area (Å²) in [5.41, 5.74) is 2.07. The first-order chi connectivity index (χ1) is 11.1. The molecular weight excluding hydrogens is 441 g/mol. The Bertz CT molecular complexity index is 770. The van der Waals surface area contributed by atoms with E-state index in [0.717, 1.165) is 16.9 Å². The highest BCUT2D eigenvalue weighted by atomic mass is 127. The maximum absolute atomic E-state index is 11.6. The summed E-state index contributed by atoms with van der Waals surface area (Å²) < 4.78 is 7.47. The molecule has 0 aromatic heterocycles. The minimum atomic E-state index is -0.140. The number of benzene rings is 2. The first-order valence-electron chi connectivity index (χ1n) is 6.82. The van der Waals surface area contributed by atoms with Gasteiger partial charge in [0.05, 0.1) is 4.91 Å². The summed E-state index contributed by atoms with van der Waals surface area (Å²) in [6.07, 6.45) is 1.82. The Morgan fingerprint density at radius 2 is 1.83 bits per heavy atom. The monoisotopic (exact) mass is 453 g/mol. The van der Waals surface area contributed by atoms with Crippen LogP contribution in [0.1, 0.15) is 11.1 Å². The number of carbonyl (C=O) groups is 1. The third-order valence-corrected chi connectivity index (χ3v) is 5.02. The molecule has 0 atom stereocenters. The van der Waals surface area contributed by atoms with Crippen LogP contribution in [0.25, 0.3) is 6.08 Å². The maximum atomic E-state index is 11.6. The van der Waals surface area contributed by atoms with E-state index in [1.54, 1.807) is 0 Å². The molecule has 23 heavy (non-hydrogen) atoms. The third kappa shape index (κ3) is 4.55. The van der Waals surface area contributed by atoms with E-state index in [9.17, 15) is 4.79 Å². The largest absolute Gasteiger partial charge is 0.489 e. The summed E-state index contributed by atoms with van der Waals surface area (Å²) in [4.78, 5) is 12.2. The number of hydrogen-bond acceptors (Lipinski definition) is 4. The summed E-state index contributed by atoms with van der Waals surface area (Å²) >= 11 is 8.53. The normalized spacial score (nSPS) is 15.8. The number of rotatable bonds is 4. The number of halogens is 1. The average Bonchev–Trinajstić information content (AvgIpc) is 2.86. The molecule has 1 aliphatic heterocycles. The Hall–Kier alpha value is -1.38. The van der Waals surface area contributed by atoms with Crippen LogP contribution in [-0.4, -0.2) is 10.2 Å². The van der Waals surface area contributed by atoms with Crippen LogP contribution < -0.4 is 10.1 Å². The van der Waals surface area contributed by atoms with Crippen LogP contribution in [0.3, 0.4) is 0 Å². The summed E-state index contributed by atoms with van der Waals surface area (Å²) in [6, 6.07) is 15.9. The molecule has 6 heteroatoms. The Balaban J connectivity index is 1.63. The molecule has 3 nitrogen and oxygen atoms in total. The summed E-state index contributed by atoms with van der Waals surface area (Å²) in [6.45, 7) is 0.532. The Morgan fingerprint density at radius 3 is 2.43 bits per heavy atom. The van der Waals surface area contributed by atoms with Gasteiger partial charge in [0.1, 0.15) is 16.7 Å². The molecule has 0 radical (unpaired) electrons. The van der Waals surface area contributed by atoms with E-state index in [4.69, 9.17) is 17.0 Å². The smallest absolute Gasteiger partial charge is 0.263 e. The van der Waals surface area contributed by atoms with Crippen LogP contribution >= 0.6 is 46.6 Å². The molecule has 0 spiro atoms. The lowest BCUT2D eigenvalue weighted by atomic mass is 10.2. The van der Waals surface area contributed by atoms with Gasteiger partial charge in [0.25, 0.3) is 5.91 Å². The number of nitrogens with one attached hydrogen (secondary N) is 1. The second kappa shape index (κ2) is 7.46. The van der Waals surface area contributed by atoms with Crippen LogP contribution in [0, 0.1) is 3.57 Å². The maximum Gasteiger partial charge on any atom is 0.263 e. The molecule has 0 bridgehead atoms. The van der Waals surface area contributed by atoms with Gasteiger partial charge in [-0.1, -0.05) is 48.2 Å². The predicted octanol–water partition coefficient (Wildman–Crippen LogP) is 4.36. The lowest BCUT2D eigenvalue weighted by molar-refractivity contribution is -0.115. The summed E-state index contributed by atoms with van der Waals surface area (Å²) in [7, 11) is 0. The van der Waals surface area contributed by atoms with Gasteiger partial charge in [0.2, 0.25) is 0 Å². The average molecular weight is 453 g/mol. The number of amides is 1. The lowest BCUT2D eigenvalue weighted by Gasteiger charge is -2.07. The number of thiocarbonyl (C=S) groups is 1. The van der Waals surface area contributed by atoms with Gasteiger partial charge in [-0.25, -0.2) is 0 Å². The highest BCUT2D eigenvalue weighted by Gasteiger charge is 2.21. The number of hydrogen-bond donors (Lipinski definition) is 1. The molecule has 116 valence electrons. The first kappa shape index (κ1) is 16.5. The second-order valence-corrected chi connectivity index (χ2v) is 7.80. The highest BCUT2D eigenvalue weighted by Crippen LogP contribution is 2.26. The van der Waals surface area contributed by atoms with Crippen LogP contribution in [-0.2, 0) is 11.4 Å². The molecule has 1 fully saturated rings. The summed E-state index contributed by atoms with van der Waals surface area (Å²) in [5.74, 6) is 0.656. The van der Waals surface area contributed by atoms with Crippen molar-refractivity contribution in [3.8, 4) is 5.75 Å². The van der Waals surface area contributed by atoms with Crippen molar-refractivity contribution in [1.29, 1.82) is 0 Å². The van der Waals surface area contributed by atoms with E-state index < -0.39 is 0 Å². The van der Waals surface area contributed by atoms with Crippen molar-refractivity contribution in [2.45, 2.75) is 6.61 Å². The van der Waals surface area contributed by atoms with Crippen LogP contribution in [0.4, 0.5) is 0 Å². The molecule has 2 aromatic rings. The zero-order valence-electron chi connectivity index (χ0n) is 11.9. The Labute approximate surface area is 157 Å². The van der Waals surface area contributed by atoms with Crippen LogP contribution in [0.2, 0.25) is 0 Å². The minimum Gasteiger partial charge on any atom is -0.489 e. The molecule has 1 aliphatic rings. The van der Waals surface area contributed by atoms with E-state index in [0.29, 0.717) is 15.8 Å². The van der Waals surface area contributed by atoms with Crippen LogP contribution in [0.5, 0.6) is 5.75 Å². The van der Waals surface area contributed by atoms with Gasteiger partial charge in [0, 0.05) is 3.57 Å². The van der Waals surface area contributed by atoms with Crippen molar-refractivity contribution in [1.82, 2.24) is 5.32 Å². The Kier molecular flexibility index (Phi) is 5.34. The van der Waals surface area contributed by atoms with E-state index in [2.05, 4.69) is 52.2 Å². The van der Waals surface area contributed by atoms with Crippen molar-refractivity contribution in [2.24, 2.45) is 0 Å². The molecule has 0 unspecified atom stereocenters. The lowest BCUT2D eigenvalue weighted by Crippen LogP contribution is -2.17. The molecule has 0 aliphatic carbocycles. The molecule has 2 aromatic carbocycles. The standard InChI is InChI=1S/C17H12INO2S2/c18-13-5-1-12(2-6-13)10-21-14-7-3-11(4-8-14)9-15-16(20)19-17(22)23-15/h1-9H,10H2,(H,19,20,22)/b15-9+. The minimum absolute atomic E-state index is 0.140. The first-order valence-corrected chi connectivity index (χ1v) is 9.13. The van der Waals surface area contributed by atoms with Gasteiger partial charge in [-0.05, 0) is 64.1 Å². The molecule has 1 amide bonds. The van der Waals surface area contributed by atoms with Crippen molar-refractivity contribution < 1.29 is 9.53 Å². The van der Waals surface area contributed by atoms with Gasteiger partial charge >= 0.3 is 0 Å². The second-order valence-electron chi connectivity index (χ2n) is 4.84. The zero-order valence-corrected chi connectivity index (χ0v) is 15.7. The van der Waals surface area contributed by atoms with Gasteiger partial charge in [0.15, 0.2) is 0 Å². The molecule has 1 N–H and O–H groups in total. The van der Waals surface area contributed by atoms with Crippen molar-refractivity contribution in [3.05, 3.63) is 68.1 Å². The fourth-order valence-corrected chi connectivity index (χ4v) is 3.38. The zero-order chi connectivity index (χ0) is 16.2. The van der Waals surface area contributed by atoms with E-state index >= 15 is 0 Å². The van der Waals surface area contributed by atoms with Gasteiger partial charge in [-0.2, -0.15) is 0 Å². The molecule has 0 saturated carbocycles. The highest BCUT2D eigenvalue weighted by molar-refractivity contribution is 14.1. The number of ether oxygens (including phenoxy) is 1. The van der Waals surface area contributed by atoms with Crippen molar-refractivity contribution in [3.63, 3.8) is 0 Å². The van der Waals surface area contributed by atoms with E-state index in [-0.39, 0.29) is 5.91 Å². The van der Waals surface area contributed by atoms with Crippen LogP contribution in [0.15, 0.2) is 53.4 Å². The van der Waals surface area contributed by atoms with Gasteiger partial charge in [-0.3, -0.25) is 4.79 Å². The molecule has 3 rings (SSSR count). The summed E-state index contributed by atoms with van der Waals surface area (Å²) in [5, 5.41) is 2.60. The number of carbonyl (C=O) groups excluding carboxylic acids is 1. The van der Waals surface area contributed by atoms with Gasteiger partial charge in [-0.15, -0.1) is 0 Å². The molecule has 1 heterocycles. The SMILES string of the molecule is O=C1NC(=S)S/C1=C/c1ccc(OCc2ccc(I)cc2)cc1. The van der Waals surface area contributed by atoms with Gasteiger partial charge < -0.3 is 10.1 Å². The third-order valence-electron chi connectivity index (χ3n) is 3.14.